The number of rotatable bonds is 6. The summed E-state index contributed by atoms with van der Waals surface area (Å²) in [6, 6.07) is 5.61. The zero-order chi connectivity index (χ0) is 18.7. The summed E-state index contributed by atoms with van der Waals surface area (Å²) in [5, 5.41) is 14.8. The molecule has 0 amide bonds. The maximum Gasteiger partial charge on any atom is 0.306 e. The van der Waals surface area contributed by atoms with E-state index in [0.29, 0.717) is 24.7 Å². The Hall–Kier alpha value is -2.65. The van der Waals surface area contributed by atoms with Crippen molar-refractivity contribution in [3.8, 4) is 0 Å². The Balaban J connectivity index is 2.06. The Bertz CT molecular complexity index is 803. The molecule has 0 radical (unpaired) electrons. The van der Waals surface area contributed by atoms with Crippen molar-refractivity contribution < 1.29 is 9.31 Å². The van der Waals surface area contributed by atoms with Crippen LogP contribution in [0.2, 0.25) is 0 Å². The molecule has 1 atom stereocenters. The molecule has 1 aromatic heterocycles. The van der Waals surface area contributed by atoms with Crippen LogP contribution in [0.3, 0.4) is 0 Å². The number of nitro groups is 1. The zero-order valence-electron chi connectivity index (χ0n) is 14.5. The number of aryl methyl sites for hydroxylation is 1. The zero-order valence-corrected chi connectivity index (χ0v) is 14.5. The maximum absolute atomic E-state index is 13.8. The molecule has 1 fully saturated rings. The van der Waals surface area contributed by atoms with Crippen molar-refractivity contribution in [2.75, 3.05) is 18.1 Å². The highest BCUT2D eigenvalue weighted by Crippen LogP contribution is 2.31. The van der Waals surface area contributed by atoms with E-state index in [4.69, 9.17) is 5.73 Å². The van der Waals surface area contributed by atoms with Gasteiger partial charge >= 0.3 is 5.69 Å². The first-order chi connectivity index (χ1) is 12.5. The molecule has 0 aliphatic carbocycles. The summed E-state index contributed by atoms with van der Waals surface area (Å²) in [7, 11) is 0. The minimum absolute atomic E-state index is 0.00763. The van der Waals surface area contributed by atoms with Crippen molar-refractivity contribution in [1.29, 1.82) is 0 Å². The molecular formula is C17H21FN6O2. The van der Waals surface area contributed by atoms with Crippen LogP contribution in [-0.2, 0) is 6.42 Å². The lowest BCUT2D eigenvalue weighted by molar-refractivity contribution is -0.387. The van der Waals surface area contributed by atoms with Gasteiger partial charge in [0.2, 0.25) is 11.8 Å². The van der Waals surface area contributed by atoms with E-state index < -0.39 is 16.4 Å². The lowest BCUT2D eigenvalue weighted by Crippen LogP contribution is -2.40. The Kier molecular flexibility index (Phi) is 5.38. The third kappa shape index (κ3) is 3.78. The quantitative estimate of drug-likeness (QED) is 0.624. The van der Waals surface area contributed by atoms with E-state index >= 15 is 0 Å². The first kappa shape index (κ1) is 18.2. The molecule has 3 rings (SSSR count). The molecule has 2 N–H and O–H groups in total. The van der Waals surface area contributed by atoms with Crippen LogP contribution in [0.25, 0.3) is 0 Å². The van der Waals surface area contributed by atoms with Crippen LogP contribution in [0.5, 0.6) is 0 Å². The second kappa shape index (κ2) is 7.71. The van der Waals surface area contributed by atoms with Crippen molar-refractivity contribution in [2.45, 2.75) is 32.2 Å². The minimum Gasteiger partial charge on any atom is -0.326 e. The van der Waals surface area contributed by atoms with Crippen LogP contribution in [0.15, 0.2) is 30.5 Å². The molecule has 2 aromatic rings. The molecule has 1 aliphatic heterocycles. The van der Waals surface area contributed by atoms with Gasteiger partial charge in [-0.25, -0.2) is 20.0 Å². The summed E-state index contributed by atoms with van der Waals surface area (Å²) in [5.41, 5.74) is 6.75. The smallest absolute Gasteiger partial charge is 0.306 e. The van der Waals surface area contributed by atoms with E-state index in [2.05, 4.69) is 16.9 Å². The molecule has 26 heavy (non-hydrogen) atoms. The molecular weight excluding hydrogens is 339 g/mol. The molecule has 0 unspecified atom stereocenters. The van der Waals surface area contributed by atoms with E-state index in [-0.39, 0.29) is 6.04 Å². The van der Waals surface area contributed by atoms with E-state index in [1.54, 1.807) is 11.2 Å². The van der Waals surface area contributed by atoms with Crippen molar-refractivity contribution in [3.05, 3.63) is 52.1 Å². The molecule has 9 heteroatoms. The number of nitrogens with zero attached hydrogens (tertiary/aromatic N) is 5. The topological polar surface area (TPSA) is 101 Å². The van der Waals surface area contributed by atoms with Crippen molar-refractivity contribution in [1.82, 2.24) is 15.0 Å². The first-order valence-corrected chi connectivity index (χ1v) is 8.56. The lowest BCUT2D eigenvalue weighted by Gasteiger charge is -2.31. The molecule has 0 saturated carbocycles. The van der Waals surface area contributed by atoms with Gasteiger partial charge in [0.25, 0.3) is 0 Å². The monoisotopic (exact) mass is 360 g/mol. The van der Waals surface area contributed by atoms with Crippen LogP contribution in [-0.4, -0.2) is 39.0 Å². The minimum atomic E-state index is -0.877. The van der Waals surface area contributed by atoms with Crippen LogP contribution < -0.4 is 10.7 Å². The first-order valence-electron chi connectivity index (χ1n) is 8.56. The highest BCUT2D eigenvalue weighted by atomic mass is 19.1. The van der Waals surface area contributed by atoms with E-state index in [0.717, 1.165) is 31.0 Å². The molecule has 1 saturated heterocycles. The number of nitro benzene ring substituents is 1. The number of aromatic nitrogens is 2. The van der Waals surface area contributed by atoms with Crippen LogP contribution in [0.4, 0.5) is 21.7 Å². The van der Waals surface area contributed by atoms with Gasteiger partial charge < -0.3 is 5.73 Å². The Morgan fingerprint density at radius 1 is 1.46 bits per heavy atom. The fraction of sp³-hybridized carbons (Fsp3) is 0.412. The van der Waals surface area contributed by atoms with E-state index in [1.807, 2.05) is 11.1 Å². The summed E-state index contributed by atoms with van der Waals surface area (Å²) in [5.74, 6) is -0.483. The fourth-order valence-electron chi connectivity index (χ4n) is 3.01. The average molecular weight is 360 g/mol. The molecule has 1 aliphatic rings. The second-order valence-corrected chi connectivity index (χ2v) is 6.26. The van der Waals surface area contributed by atoms with Gasteiger partial charge in [-0.1, -0.05) is 13.3 Å². The van der Waals surface area contributed by atoms with E-state index in [1.165, 1.54) is 12.1 Å². The van der Waals surface area contributed by atoms with Crippen LogP contribution >= 0.6 is 0 Å². The number of hydrazine groups is 1. The third-order valence-electron chi connectivity index (χ3n) is 4.25. The number of benzene rings is 1. The molecule has 0 bridgehead atoms. The average Bonchev–Trinajstić information content (AvgIpc) is 3.03. The van der Waals surface area contributed by atoms with Gasteiger partial charge in [-0.05, 0) is 31.0 Å². The molecule has 138 valence electrons. The fourth-order valence-corrected chi connectivity index (χ4v) is 3.01. The van der Waals surface area contributed by atoms with Gasteiger partial charge in [-0.3, -0.25) is 10.1 Å². The summed E-state index contributed by atoms with van der Waals surface area (Å²) in [6.07, 6.45) is 4.18. The number of halogens is 1. The summed E-state index contributed by atoms with van der Waals surface area (Å²) >= 11 is 0. The largest absolute Gasteiger partial charge is 0.326 e. The number of hydrogen-bond acceptors (Lipinski definition) is 7. The highest BCUT2D eigenvalue weighted by molar-refractivity contribution is 5.60. The van der Waals surface area contributed by atoms with Crippen LogP contribution in [0, 0.1) is 15.9 Å². The molecule has 8 nitrogen and oxygen atoms in total. The van der Waals surface area contributed by atoms with Gasteiger partial charge in [0, 0.05) is 37.1 Å². The number of anilines is 2. The van der Waals surface area contributed by atoms with Gasteiger partial charge in [0.05, 0.1) is 10.6 Å². The predicted octanol–water partition coefficient (Wildman–Crippen LogP) is 2.56. The Morgan fingerprint density at radius 2 is 2.27 bits per heavy atom. The Labute approximate surface area is 150 Å². The van der Waals surface area contributed by atoms with E-state index in [9.17, 15) is 14.5 Å². The predicted molar refractivity (Wildman–Crippen MR) is 95.4 cm³/mol. The highest BCUT2D eigenvalue weighted by Gasteiger charge is 2.29. The van der Waals surface area contributed by atoms with Crippen molar-refractivity contribution >= 4 is 17.3 Å². The summed E-state index contributed by atoms with van der Waals surface area (Å²) in [4.78, 5) is 19.3. The second-order valence-electron chi connectivity index (χ2n) is 6.26. The van der Waals surface area contributed by atoms with Gasteiger partial charge in [-0.15, -0.1) is 0 Å². The van der Waals surface area contributed by atoms with Gasteiger partial charge in [-0.2, -0.15) is 4.39 Å². The standard InChI is InChI=1S/C17H21FN6O2/c1-2-3-13-6-8-20-17(21-13)23(22-9-7-12(19)11-22)14-4-5-15(18)16(10-14)24(25)26/h4-6,8,10,12H,2-3,7,9,11,19H2,1H3/t12-/m0/s1. The lowest BCUT2D eigenvalue weighted by atomic mass is 10.2. The third-order valence-corrected chi connectivity index (χ3v) is 4.25. The SMILES string of the molecule is CCCc1ccnc(N(c2ccc(F)c([N+](=O)[O-])c2)N2CC[C@H](N)C2)n1. The van der Waals surface area contributed by atoms with Crippen molar-refractivity contribution in [2.24, 2.45) is 5.73 Å². The number of nitrogens with two attached hydrogens (primary N) is 1. The normalized spacial score (nSPS) is 17.4. The summed E-state index contributed by atoms with van der Waals surface area (Å²) in [6.45, 7) is 3.28. The van der Waals surface area contributed by atoms with Crippen molar-refractivity contribution in [3.63, 3.8) is 0 Å². The van der Waals surface area contributed by atoms with Gasteiger partial charge in [0.15, 0.2) is 0 Å². The van der Waals surface area contributed by atoms with Crippen LogP contribution in [0.1, 0.15) is 25.5 Å². The Morgan fingerprint density at radius 3 is 2.92 bits per heavy atom. The summed E-state index contributed by atoms with van der Waals surface area (Å²) < 4.78 is 13.8. The maximum atomic E-state index is 13.8. The molecule has 2 heterocycles. The number of hydrogen-bond donors (Lipinski definition) is 1. The van der Waals surface area contributed by atoms with Gasteiger partial charge in [0.1, 0.15) is 0 Å². The molecule has 0 spiro atoms. The molecule has 1 aromatic carbocycles.